The molecule has 1 unspecified atom stereocenters. The third kappa shape index (κ3) is 2.80. The smallest absolute Gasteiger partial charge is 0.235 e. The number of carbonyl (C=O) groups is 2. The van der Waals surface area contributed by atoms with Gasteiger partial charge < -0.3 is 5.32 Å². The third-order valence-corrected chi connectivity index (χ3v) is 4.63. The molecule has 1 amide bonds. The molecule has 0 aromatic heterocycles. The molecule has 1 aromatic rings. The number of hydrogen-bond donors (Lipinski definition) is 1. The van der Waals surface area contributed by atoms with Crippen LogP contribution in [0, 0.1) is 0 Å². The van der Waals surface area contributed by atoms with Gasteiger partial charge in [0.1, 0.15) is 11.4 Å². The van der Waals surface area contributed by atoms with Gasteiger partial charge in [-0.15, -0.1) is 11.6 Å². The predicted octanol–water partition coefficient (Wildman–Crippen LogP) is 3.69. The van der Waals surface area contributed by atoms with E-state index < -0.39 is 11.4 Å². The van der Waals surface area contributed by atoms with Gasteiger partial charge in [-0.2, -0.15) is 0 Å². The molecule has 1 saturated carbocycles. The quantitative estimate of drug-likeness (QED) is 0.857. The number of ketones is 1. The van der Waals surface area contributed by atoms with Crippen LogP contribution >= 0.6 is 34.8 Å². The lowest BCUT2D eigenvalue weighted by molar-refractivity contribution is -0.133. The number of benzene rings is 1. The molecule has 1 aliphatic rings. The summed E-state index contributed by atoms with van der Waals surface area (Å²) in [5.74, 6) is -0.642. The van der Waals surface area contributed by atoms with Crippen LogP contribution in [0.15, 0.2) is 18.2 Å². The average Bonchev–Trinajstić information content (AvgIpc) is 2.44. The van der Waals surface area contributed by atoms with Crippen molar-refractivity contribution in [2.24, 2.45) is 0 Å². The van der Waals surface area contributed by atoms with E-state index >= 15 is 0 Å². The highest BCUT2D eigenvalue weighted by molar-refractivity contribution is 6.42. The first-order chi connectivity index (χ1) is 9.51. The van der Waals surface area contributed by atoms with Gasteiger partial charge in [0.05, 0.1) is 10.0 Å². The molecule has 1 N–H and O–H groups in total. The molecule has 0 heterocycles. The van der Waals surface area contributed by atoms with Gasteiger partial charge in [-0.1, -0.05) is 35.3 Å². The van der Waals surface area contributed by atoms with Crippen LogP contribution in [0.25, 0.3) is 0 Å². The fourth-order valence-corrected chi connectivity index (χ4v) is 3.15. The van der Waals surface area contributed by atoms with Gasteiger partial charge >= 0.3 is 0 Å². The van der Waals surface area contributed by atoms with Gasteiger partial charge in [0.15, 0.2) is 5.78 Å². The summed E-state index contributed by atoms with van der Waals surface area (Å²) < 4.78 is 0. The Morgan fingerprint density at radius 1 is 1.30 bits per heavy atom. The number of alkyl halides is 1. The normalized spacial score (nSPS) is 22.6. The van der Waals surface area contributed by atoms with E-state index in [2.05, 4.69) is 5.32 Å². The number of rotatable bonds is 3. The number of nitrogens with one attached hydrogen (secondary N) is 1. The lowest BCUT2D eigenvalue weighted by atomic mass is 9.75. The maximum absolute atomic E-state index is 12.5. The summed E-state index contributed by atoms with van der Waals surface area (Å²) in [7, 11) is 0. The van der Waals surface area contributed by atoms with Crippen molar-refractivity contribution in [2.45, 2.75) is 31.2 Å². The Labute approximate surface area is 132 Å². The standard InChI is InChI=1S/C14H14Cl3NO2/c15-8-12(20)18-14(7-2-1-6-11(14)19)9-4-3-5-10(16)13(9)17/h3-5H,1-2,6-8H2,(H,18,20). The Morgan fingerprint density at radius 2 is 2.05 bits per heavy atom. The van der Waals surface area contributed by atoms with Gasteiger partial charge in [-0.3, -0.25) is 9.59 Å². The van der Waals surface area contributed by atoms with E-state index in [1.165, 1.54) is 0 Å². The highest BCUT2D eigenvalue weighted by Crippen LogP contribution is 2.40. The minimum absolute atomic E-state index is 0.0496. The van der Waals surface area contributed by atoms with Crippen molar-refractivity contribution in [1.82, 2.24) is 5.32 Å². The van der Waals surface area contributed by atoms with Gasteiger partial charge in [-0.25, -0.2) is 0 Å². The molecule has 1 atom stereocenters. The summed E-state index contributed by atoms with van der Waals surface area (Å²) in [5, 5.41) is 3.42. The number of carbonyl (C=O) groups excluding carboxylic acids is 2. The van der Waals surface area contributed by atoms with Crippen LogP contribution in [0.4, 0.5) is 0 Å². The summed E-state index contributed by atoms with van der Waals surface area (Å²) in [6, 6.07) is 5.10. The Balaban J connectivity index is 2.53. The van der Waals surface area contributed by atoms with E-state index in [1.807, 2.05) is 0 Å². The van der Waals surface area contributed by atoms with E-state index in [-0.39, 0.29) is 11.7 Å². The van der Waals surface area contributed by atoms with E-state index in [0.29, 0.717) is 28.5 Å². The fourth-order valence-electron chi connectivity index (χ4n) is 2.62. The lowest BCUT2D eigenvalue weighted by Gasteiger charge is -2.37. The van der Waals surface area contributed by atoms with Crippen LogP contribution in [-0.2, 0) is 15.1 Å². The summed E-state index contributed by atoms with van der Waals surface area (Å²) >= 11 is 17.8. The van der Waals surface area contributed by atoms with E-state index in [9.17, 15) is 9.59 Å². The topological polar surface area (TPSA) is 46.2 Å². The zero-order chi connectivity index (χ0) is 14.8. The summed E-state index contributed by atoms with van der Waals surface area (Å²) in [5.41, 5.74) is -0.554. The molecule has 1 aliphatic carbocycles. The first-order valence-corrected chi connectivity index (χ1v) is 7.65. The van der Waals surface area contributed by atoms with Crippen LogP contribution in [0.3, 0.4) is 0 Å². The molecular formula is C14H14Cl3NO2. The Kier molecular flexibility index (Phi) is 4.95. The second-order valence-electron chi connectivity index (χ2n) is 4.82. The van der Waals surface area contributed by atoms with Crippen LogP contribution in [-0.4, -0.2) is 17.6 Å². The van der Waals surface area contributed by atoms with Crippen molar-refractivity contribution < 1.29 is 9.59 Å². The predicted molar refractivity (Wildman–Crippen MR) is 80.5 cm³/mol. The number of halogens is 3. The lowest BCUT2D eigenvalue weighted by Crippen LogP contribution is -2.53. The first-order valence-electron chi connectivity index (χ1n) is 6.36. The Hall–Kier alpha value is -0.770. The van der Waals surface area contributed by atoms with Gasteiger partial charge in [0.25, 0.3) is 0 Å². The molecule has 0 saturated heterocycles. The zero-order valence-electron chi connectivity index (χ0n) is 10.7. The van der Waals surface area contributed by atoms with Crippen LogP contribution in [0.1, 0.15) is 31.2 Å². The number of amides is 1. The summed E-state index contributed by atoms with van der Waals surface area (Å²) in [4.78, 5) is 24.2. The molecule has 20 heavy (non-hydrogen) atoms. The van der Waals surface area contributed by atoms with Crippen LogP contribution in [0.5, 0.6) is 0 Å². The van der Waals surface area contributed by atoms with Crippen LogP contribution < -0.4 is 5.32 Å². The molecule has 1 aromatic carbocycles. The van der Waals surface area contributed by atoms with E-state index in [1.54, 1.807) is 18.2 Å². The Bertz CT molecular complexity index is 547. The molecule has 0 spiro atoms. The van der Waals surface area contributed by atoms with Crippen molar-refractivity contribution in [3.8, 4) is 0 Å². The zero-order valence-corrected chi connectivity index (χ0v) is 13.0. The van der Waals surface area contributed by atoms with Gasteiger partial charge in [-0.05, 0) is 25.3 Å². The molecule has 0 radical (unpaired) electrons. The third-order valence-electron chi connectivity index (χ3n) is 3.57. The van der Waals surface area contributed by atoms with Crippen molar-refractivity contribution in [3.63, 3.8) is 0 Å². The minimum atomic E-state index is -1.10. The van der Waals surface area contributed by atoms with Crippen molar-refractivity contribution in [1.29, 1.82) is 0 Å². The fraction of sp³-hybridized carbons (Fsp3) is 0.429. The SMILES string of the molecule is O=C(CCl)NC1(c2cccc(Cl)c2Cl)CCCCC1=O. The molecular weight excluding hydrogens is 321 g/mol. The minimum Gasteiger partial charge on any atom is -0.339 e. The maximum atomic E-state index is 12.5. The first kappa shape index (κ1) is 15.6. The molecule has 2 rings (SSSR count). The van der Waals surface area contributed by atoms with Gasteiger partial charge in [0.2, 0.25) is 5.91 Å². The van der Waals surface area contributed by atoms with E-state index in [0.717, 1.165) is 12.8 Å². The second kappa shape index (κ2) is 6.33. The van der Waals surface area contributed by atoms with E-state index in [4.69, 9.17) is 34.8 Å². The van der Waals surface area contributed by atoms with Crippen LogP contribution in [0.2, 0.25) is 10.0 Å². The second-order valence-corrected chi connectivity index (χ2v) is 5.87. The highest BCUT2D eigenvalue weighted by atomic mass is 35.5. The highest BCUT2D eigenvalue weighted by Gasteiger charge is 2.44. The molecule has 0 aliphatic heterocycles. The molecule has 3 nitrogen and oxygen atoms in total. The Morgan fingerprint density at radius 3 is 2.70 bits per heavy atom. The van der Waals surface area contributed by atoms with Crippen molar-refractivity contribution in [3.05, 3.63) is 33.8 Å². The molecule has 1 fully saturated rings. The van der Waals surface area contributed by atoms with Crippen molar-refractivity contribution in [2.75, 3.05) is 5.88 Å². The number of Topliss-reactive ketones (excluding diaryl/α,β-unsaturated/α-hetero) is 1. The molecule has 6 heteroatoms. The van der Waals surface area contributed by atoms with Gasteiger partial charge in [0, 0.05) is 12.0 Å². The summed E-state index contributed by atoms with van der Waals surface area (Å²) in [6.07, 6.45) is 2.56. The number of hydrogen-bond acceptors (Lipinski definition) is 2. The average molecular weight is 335 g/mol. The summed E-state index contributed by atoms with van der Waals surface area (Å²) in [6.45, 7) is 0. The largest absolute Gasteiger partial charge is 0.339 e. The maximum Gasteiger partial charge on any atom is 0.235 e. The molecule has 0 bridgehead atoms. The van der Waals surface area contributed by atoms with Crippen molar-refractivity contribution >= 4 is 46.5 Å². The monoisotopic (exact) mass is 333 g/mol. The molecule has 108 valence electrons.